The third kappa shape index (κ3) is 5.31. The quantitative estimate of drug-likeness (QED) is 0.636. The number of rotatable bonds is 5. The van der Waals surface area contributed by atoms with E-state index in [1.54, 1.807) is 0 Å². The molecule has 0 atom stereocenters. The summed E-state index contributed by atoms with van der Waals surface area (Å²) in [5.41, 5.74) is -0.697. The average molecular weight is 371 g/mol. The fraction of sp³-hybridized carbons (Fsp3) is 0.364. The van der Waals surface area contributed by atoms with E-state index in [0.29, 0.717) is 4.90 Å². The van der Waals surface area contributed by atoms with E-state index in [1.807, 2.05) is 0 Å². The van der Waals surface area contributed by atoms with Gasteiger partial charge in [-0.3, -0.25) is 14.9 Å². The maximum Gasteiger partial charge on any atom is 0.406 e. The highest BCUT2D eigenvalue weighted by Gasteiger charge is 2.33. The van der Waals surface area contributed by atoms with E-state index in [-0.39, 0.29) is 10.0 Å². The van der Waals surface area contributed by atoms with Crippen molar-refractivity contribution in [3.8, 4) is 0 Å². The Balaban J connectivity index is 3.11. The highest BCUT2D eigenvalue weighted by Crippen LogP contribution is 2.24. The minimum atomic E-state index is -4.64. The van der Waals surface area contributed by atoms with Crippen molar-refractivity contribution < 1.29 is 28.0 Å². The lowest BCUT2D eigenvalue weighted by molar-refractivity contribution is -0.385. The number of hydrogen-bond acceptors (Lipinski definition) is 4. The lowest BCUT2D eigenvalue weighted by atomic mass is 10.1. The summed E-state index contributed by atoms with van der Waals surface area (Å²) in [6.07, 6.45) is -4.64. The van der Waals surface area contributed by atoms with Crippen molar-refractivity contribution in [2.75, 3.05) is 19.7 Å². The molecule has 0 aliphatic rings. The zero-order chi connectivity index (χ0) is 16.2. The first kappa shape index (κ1) is 17.4. The minimum absolute atomic E-state index is 0.191. The van der Waals surface area contributed by atoms with Gasteiger partial charge in [-0.05, 0) is 6.07 Å². The van der Waals surface area contributed by atoms with Gasteiger partial charge in [0.05, 0.1) is 11.5 Å². The molecule has 1 aromatic rings. The Bertz CT molecular complexity index is 551. The first-order valence-electron chi connectivity index (χ1n) is 5.56. The van der Waals surface area contributed by atoms with Crippen LogP contribution in [0.5, 0.6) is 0 Å². The molecule has 0 aliphatic heterocycles. The van der Waals surface area contributed by atoms with Crippen LogP contribution in [0.2, 0.25) is 0 Å². The molecule has 0 saturated heterocycles. The maximum atomic E-state index is 12.4. The number of carbonyl (C=O) groups excluding carboxylic acids is 1. The minimum Gasteiger partial charge on any atom is -0.395 e. The first-order valence-corrected chi connectivity index (χ1v) is 6.35. The van der Waals surface area contributed by atoms with E-state index in [2.05, 4.69) is 15.9 Å². The summed E-state index contributed by atoms with van der Waals surface area (Å²) in [6.45, 7) is -2.73. The molecule has 0 fully saturated rings. The number of nitro groups is 1. The molecular formula is C11H10BrF3N2O4. The number of nitro benzene ring substituents is 1. The van der Waals surface area contributed by atoms with Gasteiger partial charge in [-0.15, -0.1) is 0 Å². The number of halogens is 4. The smallest absolute Gasteiger partial charge is 0.395 e. The Labute approximate surface area is 125 Å². The van der Waals surface area contributed by atoms with Gasteiger partial charge >= 0.3 is 6.18 Å². The van der Waals surface area contributed by atoms with Gasteiger partial charge in [0.25, 0.3) is 11.6 Å². The third-order valence-corrected chi connectivity index (χ3v) is 2.83. The summed E-state index contributed by atoms with van der Waals surface area (Å²) in [5, 5.41) is 19.4. The molecule has 0 unspecified atom stereocenters. The van der Waals surface area contributed by atoms with Crippen molar-refractivity contribution in [2.45, 2.75) is 6.18 Å². The highest BCUT2D eigenvalue weighted by atomic mass is 79.9. The second kappa shape index (κ2) is 6.85. The van der Waals surface area contributed by atoms with Crippen molar-refractivity contribution in [3.05, 3.63) is 38.3 Å². The summed E-state index contributed by atoms with van der Waals surface area (Å²) in [7, 11) is 0. The van der Waals surface area contributed by atoms with E-state index >= 15 is 0 Å². The largest absolute Gasteiger partial charge is 0.406 e. The molecule has 10 heteroatoms. The van der Waals surface area contributed by atoms with Gasteiger partial charge in [-0.2, -0.15) is 13.2 Å². The van der Waals surface area contributed by atoms with Gasteiger partial charge in [0, 0.05) is 28.7 Å². The Morgan fingerprint density at radius 1 is 1.38 bits per heavy atom. The van der Waals surface area contributed by atoms with Crippen LogP contribution in [0.15, 0.2) is 22.7 Å². The number of nitrogens with zero attached hydrogens (tertiary/aromatic N) is 2. The van der Waals surface area contributed by atoms with Crippen molar-refractivity contribution >= 4 is 27.5 Å². The Morgan fingerprint density at radius 3 is 2.48 bits per heavy atom. The molecule has 1 aromatic carbocycles. The second-order valence-electron chi connectivity index (χ2n) is 4.02. The summed E-state index contributed by atoms with van der Waals surface area (Å²) in [6, 6.07) is 3.18. The van der Waals surface area contributed by atoms with Gasteiger partial charge in [0.2, 0.25) is 0 Å². The summed E-state index contributed by atoms with van der Waals surface area (Å²) >= 11 is 2.95. The molecule has 1 rings (SSSR count). The molecule has 21 heavy (non-hydrogen) atoms. The number of aliphatic hydroxyl groups is 1. The number of hydrogen-bond donors (Lipinski definition) is 1. The number of non-ortho nitro benzene ring substituents is 1. The van der Waals surface area contributed by atoms with Crippen LogP contribution < -0.4 is 0 Å². The lowest BCUT2D eigenvalue weighted by Gasteiger charge is -2.23. The molecule has 116 valence electrons. The van der Waals surface area contributed by atoms with Crippen molar-refractivity contribution in [2.24, 2.45) is 0 Å². The van der Waals surface area contributed by atoms with Crippen LogP contribution in [0, 0.1) is 10.1 Å². The third-order valence-electron chi connectivity index (χ3n) is 2.37. The molecule has 1 N–H and O–H groups in total. The summed E-state index contributed by atoms with van der Waals surface area (Å²) < 4.78 is 37.4. The van der Waals surface area contributed by atoms with Gasteiger partial charge in [0.1, 0.15) is 6.54 Å². The first-order chi connectivity index (χ1) is 9.64. The fourth-order valence-corrected chi connectivity index (χ4v) is 2.06. The monoisotopic (exact) mass is 370 g/mol. The van der Waals surface area contributed by atoms with Crippen LogP contribution in [-0.4, -0.2) is 46.7 Å². The van der Waals surface area contributed by atoms with Gasteiger partial charge in [-0.25, -0.2) is 0 Å². The fourth-order valence-electron chi connectivity index (χ4n) is 1.58. The second-order valence-corrected chi connectivity index (χ2v) is 4.94. The van der Waals surface area contributed by atoms with Crippen LogP contribution in [0.3, 0.4) is 0 Å². The van der Waals surface area contributed by atoms with Gasteiger partial charge in [-0.1, -0.05) is 15.9 Å². The normalized spacial score (nSPS) is 11.3. The summed E-state index contributed by atoms with van der Waals surface area (Å²) in [4.78, 5) is 22.3. The molecule has 0 heterocycles. The number of carbonyl (C=O) groups is 1. The standard InChI is InChI=1S/C11H10BrF3N2O4/c12-8-3-7(4-9(5-8)17(20)21)10(19)16(1-2-18)6-11(13,14)15/h3-5,18H,1-2,6H2. The van der Waals surface area contributed by atoms with E-state index in [0.717, 1.165) is 12.1 Å². The number of benzene rings is 1. The molecule has 0 saturated carbocycles. The lowest BCUT2D eigenvalue weighted by Crippen LogP contribution is -2.40. The number of aliphatic hydroxyl groups excluding tert-OH is 1. The van der Waals surface area contributed by atoms with Gasteiger partial charge < -0.3 is 10.0 Å². The molecule has 0 aliphatic carbocycles. The molecule has 1 amide bonds. The topological polar surface area (TPSA) is 83.7 Å². The molecule has 0 bridgehead atoms. The van der Waals surface area contributed by atoms with Crippen LogP contribution in [0.1, 0.15) is 10.4 Å². The van der Waals surface area contributed by atoms with Crippen molar-refractivity contribution in [1.82, 2.24) is 4.90 Å². The van der Waals surface area contributed by atoms with Crippen LogP contribution in [-0.2, 0) is 0 Å². The Kier molecular flexibility index (Phi) is 5.67. The summed E-state index contributed by atoms with van der Waals surface area (Å²) in [5.74, 6) is -1.05. The predicted octanol–water partition coefficient (Wildman–Crippen LogP) is 2.35. The molecular weight excluding hydrogens is 361 g/mol. The van der Waals surface area contributed by atoms with Crippen LogP contribution in [0.4, 0.5) is 18.9 Å². The van der Waals surface area contributed by atoms with Crippen molar-refractivity contribution in [3.63, 3.8) is 0 Å². The molecule has 0 aromatic heterocycles. The zero-order valence-corrected chi connectivity index (χ0v) is 12.0. The average Bonchev–Trinajstić information content (AvgIpc) is 2.35. The Hall–Kier alpha value is -1.68. The number of amides is 1. The van der Waals surface area contributed by atoms with Gasteiger partial charge in [0.15, 0.2) is 0 Å². The van der Waals surface area contributed by atoms with E-state index < -0.39 is 42.4 Å². The van der Waals surface area contributed by atoms with Crippen LogP contribution >= 0.6 is 15.9 Å². The molecule has 6 nitrogen and oxygen atoms in total. The number of alkyl halides is 3. The Morgan fingerprint density at radius 2 is 2.00 bits per heavy atom. The zero-order valence-electron chi connectivity index (χ0n) is 10.4. The SMILES string of the molecule is O=C(c1cc(Br)cc([N+](=O)[O-])c1)N(CCO)CC(F)(F)F. The van der Waals surface area contributed by atoms with E-state index in [1.165, 1.54) is 6.07 Å². The van der Waals surface area contributed by atoms with E-state index in [4.69, 9.17) is 5.11 Å². The molecule has 0 radical (unpaired) electrons. The maximum absolute atomic E-state index is 12.4. The van der Waals surface area contributed by atoms with E-state index in [9.17, 15) is 28.1 Å². The van der Waals surface area contributed by atoms with Crippen LogP contribution in [0.25, 0.3) is 0 Å². The predicted molar refractivity (Wildman–Crippen MR) is 69.8 cm³/mol. The highest BCUT2D eigenvalue weighted by molar-refractivity contribution is 9.10. The van der Waals surface area contributed by atoms with Crippen molar-refractivity contribution in [1.29, 1.82) is 0 Å². The molecule has 0 spiro atoms.